The summed E-state index contributed by atoms with van der Waals surface area (Å²) in [4.78, 5) is 23.2. The minimum Gasteiger partial charge on any atom is -0.476 e. The van der Waals surface area contributed by atoms with E-state index in [0.717, 1.165) is 6.07 Å². The van der Waals surface area contributed by atoms with Gasteiger partial charge in [-0.25, -0.2) is 0 Å². The Morgan fingerprint density at radius 1 is 1.10 bits per heavy atom. The molecule has 0 aliphatic heterocycles. The van der Waals surface area contributed by atoms with Crippen LogP contribution in [0.3, 0.4) is 0 Å². The normalized spacial score (nSPS) is 11.2. The number of ether oxygens (including phenoxy) is 1. The lowest BCUT2D eigenvalue weighted by atomic mass is 10.1. The zero-order valence-electron chi connectivity index (χ0n) is 14.9. The second kappa shape index (κ2) is 8.87. The lowest BCUT2D eigenvalue weighted by Crippen LogP contribution is -2.25. The van der Waals surface area contributed by atoms with Crippen molar-refractivity contribution < 1.29 is 14.5 Å². The van der Waals surface area contributed by atoms with Gasteiger partial charge < -0.3 is 10.1 Å². The zero-order valence-corrected chi connectivity index (χ0v) is 15.7. The number of halogens is 1. The molecule has 0 heterocycles. The highest BCUT2D eigenvalue weighted by Gasteiger charge is 2.24. The van der Waals surface area contributed by atoms with Crippen molar-refractivity contribution >= 4 is 28.9 Å². The average molecular weight is 408 g/mol. The first-order valence-corrected chi connectivity index (χ1v) is 8.82. The van der Waals surface area contributed by atoms with Gasteiger partial charge in [0, 0.05) is 17.7 Å². The van der Waals surface area contributed by atoms with E-state index < -0.39 is 16.9 Å². The molecule has 0 aromatic heterocycles. The van der Waals surface area contributed by atoms with Crippen LogP contribution in [-0.2, 0) is 4.79 Å². The summed E-state index contributed by atoms with van der Waals surface area (Å²) in [6, 6.07) is 21.0. The van der Waals surface area contributed by atoms with E-state index in [1.807, 2.05) is 12.1 Å². The number of anilines is 1. The van der Waals surface area contributed by atoms with Crippen LogP contribution in [0.2, 0.25) is 5.02 Å². The first-order chi connectivity index (χ1) is 14.0. The molecule has 0 unspecified atom stereocenters. The molecule has 0 bridgehead atoms. The van der Waals surface area contributed by atoms with Crippen LogP contribution >= 0.6 is 11.6 Å². The lowest BCUT2D eigenvalue weighted by Gasteiger charge is -2.19. The number of rotatable bonds is 6. The molecule has 0 aliphatic rings. The van der Waals surface area contributed by atoms with E-state index in [9.17, 15) is 14.9 Å². The summed E-state index contributed by atoms with van der Waals surface area (Å²) in [5.41, 5.74) is 1.02. The van der Waals surface area contributed by atoms with Crippen LogP contribution in [-0.4, -0.2) is 10.8 Å². The molecule has 0 saturated carbocycles. The van der Waals surface area contributed by atoms with E-state index in [0.29, 0.717) is 16.9 Å². The first kappa shape index (κ1) is 19.9. The van der Waals surface area contributed by atoms with Gasteiger partial charge in [0.25, 0.3) is 11.6 Å². The van der Waals surface area contributed by atoms with Gasteiger partial charge >= 0.3 is 0 Å². The van der Waals surface area contributed by atoms with Crippen molar-refractivity contribution in [3.05, 3.63) is 99.1 Å². The van der Waals surface area contributed by atoms with Crippen molar-refractivity contribution in [1.82, 2.24) is 0 Å². The van der Waals surface area contributed by atoms with Crippen molar-refractivity contribution in [3.63, 3.8) is 0 Å². The van der Waals surface area contributed by atoms with Gasteiger partial charge in [0.1, 0.15) is 5.75 Å². The highest BCUT2D eigenvalue weighted by molar-refractivity contribution is 6.34. The van der Waals surface area contributed by atoms with Gasteiger partial charge in [0.2, 0.25) is 6.10 Å². The standard InChI is InChI=1S/C21H14ClN3O4/c22-18-12-16(25(27)28)9-10-19(18)24-21(26)20(15-6-2-1-3-7-15)29-17-8-4-5-14(11-17)13-23/h1-12,20H,(H,24,26)/t20-/m0/s1. The highest BCUT2D eigenvalue weighted by Crippen LogP contribution is 2.29. The summed E-state index contributed by atoms with van der Waals surface area (Å²) < 4.78 is 5.86. The number of nitrogens with zero attached hydrogens (tertiary/aromatic N) is 2. The fourth-order valence-corrected chi connectivity index (χ4v) is 2.82. The molecule has 0 fully saturated rings. The molecule has 0 spiro atoms. The van der Waals surface area contributed by atoms with Crippen molar-refractivity contribution in [2.75, 3.05) is 5.32 Å². The van der Waals surface area contributed by atoms with Crippen LogP contribution in [0.15, 0.2) is 72.8 Å². The molecule has 1 amide bonds. The van der Waals surface area contributed by atoms with Gasteiger partial charge in [-0.1, -0.05) is 48.0 Å². The molecule has 8 heteroatoms. The number of hydrogen-bond donors (Lipinski definition) is 1. The Morgan fingerprint density at radius 2 is 1.86 bits per heavy atom. The Bertz CT molecular complexity index is 1100. The fourth-order valence-electron chi connectivity index (χ4n) is 2.59. The van der Waals surface area contributed by atoms with Crippen molar-refractivity contribution in [3.8, 4) is 11.8 Å². The second-order valence-corrected chi connectivity index (χ2v) is 6.37. The monoisotopic (exact) mass is 407 g/mol. The van der Waals surface area contributed by atoms with E-state index in [1.54, 1.807) is 42.5 Å². The van der Waals surface area contributed by atoms with E-state index in [1.165, 1.54) is 18.2 Å². The summed E-state index contributed by atoms with van der Waals surface area (Å²) in [6.07, 6.45) is -1.03. The number of nitro benzene ring substituents is 1. The summed E-state index contributed by atoms with van der Waals surface area (Å²) >= 11 is 6.07. The smallest absolute Gasteiger partial charge is 0.271 e. The van der Waals surface area contributed by atoms with Gasteiger partial charge in [-0.3, -0.25) is 14.9 Å². The Hall–Kier alpha value is -3.89. The molecule has 3 rings (SSSR count). The summed E-state index contributed by atoms with van der Waals surface area (Å²) in [6.45, 7) is 0. The zero-order chi connectivity index (χ0) is 20.8. The minimum absolute atomic E-state index is 0.0332. The number of nitriles is 1. The quantitative estimate of drug-likeness (QED) is 0.463. The number of carbonyl (C=O) groups is 1. The molecule has 0 saturated heterocycles. The van der Waals surface area contributed by atoms with E-state index in [4.69, 9.17) is 21.6 Å². The predicted octanol–water partition coefficient (Wildman–Crippen LogP) is 4.88. The maximum atomic E-state index is 12.9. The fraction of sp³-hybridized carbons (Fsp3) is 0.0476. The summed E-state index contributed by atoms with van der Waals surface area (Å²) in [7, 11) is 0. The van der Waals surface area contributed by atoms with Crippen LogP contribution in [0.1, 0.15) is 17.2 Å². The number of nitro groups is 1. The van der Waals surface area contributed by atoms with Gasteiger partial charge in [0.15, 0.2) is 0 Å². The van der Waals surface area contributed by atoms with Crippen molar-refractivity contribution in [2.24, 2.45) is 0 Å². The molecular formula is C21H14ClN3O4. The van der Waals surface area contributed by atoms with Crippen molar-refractivity contribution in [2.45, 2.75) is 6.10 Å². The third-order valence-corrected chi connectivity index (χ3v) is 4.29. The third kappa shape index (κ3) is 4.89. The largest absolute Gasteiger partial charge is 0.476 e. The molecule has 3 aromatic carbocycles. The Balaban J connectivity index is 1.89. The molecular weight excluding hydrogens is 394 g/mol. The molecule has 0 aliphatic carbocycles. The summed E-state index contributed by atoms with van der Waals surface area (Å²) in [5.74, 6) is -0.169. The number of nitrogens with one attached hydrogen (secondary N) is 1. The van der Waals surface area contributed by atoms with Crippen LogP contribution < -0.4 is 10.1 Å². The minimum atomic E-state index is -1.03. The molecule has 3 aromatic rings. The van der Waals surface area contributed by atoms with E-state index in [2.05, 4.69) is 5.32 Å². The van der Waals surface area contributed by atoms with Crippen molar-refractivity contribution in [1.29, 1.82) is 5.26 Å². The molecule has 0 radical (unpaired) electrons. The average Bonchev–Trinajstić information content (AvgIpc) is 2.74. The summed E-state index contributed by atoms with van der Waals surface area (Å²) in [5, 5.41) is 22.6. The number of amides is 1. The molecule has 1 atom stereocenters. The van der Waals surface area contributed by atoms with Crippen LogP contribution in [0.25, 0.3) is 0 Å². The molecule has 7 nitrogen and oxygen atoms in total. The number of carbonyl (C=O) groups excluding carboxylic acids is 1. The Morgan fingerprint density at radius 3 is 2.52 bits per heavy atom. The SMILES string of the molecule is N#Cc1cccc(O[C@H](C(=O)Nc2ccc([N+](=O)[O-])cc2Cl)c2ccccc2)c1. The number of hydrogen-bond acceptors (Lipinski definition) is 5. The van der Waals surface area contributed by atoms with Gasteiger partial charge in [-0.15, -0.1) is 0 Å². The van der Waals surface area contributed by atoms with Gasteiger partial charge in [-0.05, 0) is 24.3 Å². The van der Waals surface area contributed by atoms with Crippen LogP contribution in [0, 0.1) is 21.4 Å². The van der Waals surface area contributed by atoms with Gasteiger partial charge in [-0.2, -0.15) is 5.26 Å². The van der Waals surface area contributed by atoms with Gasteiger partial charge in [0.05, 0.1) is 27.3 Å². The molecule has 29 heavy (non-hydrogen) atoms. The highest BCUT2D eigenvalue weighted by atomic mass is 35.5. The Labute approximate surface area is 171 Å². The van der Waals surface area contributed by atoms with Crippen LogP contribution in [0.5, 0.6) is 5.75 Å². The van der Waals surface area contributed by atoms with Crippen LogP contribution in [0.4, 0.5) is 11.4 Å². The number of benzene rings is 3. The molecule has 1 N–H and O–H groups in total. The Kier molecular flexibility index (Phi) is 6.07. The maximum absolute atomic E-state index is 12.9. The third-order valence-electron chi connectivity index (χ3n) is 3.98. The lowest BCUT2D eigenvalue weighted by molar-refractivity contribution is -0.384. The maximum Gasteiger partial charge on any atom is 0.271 e. The second-order valence-electron chi connectivity index (χ2n) is 5.96. The molecule has 144 valence electrons. The topological polar surface area (TPSA) is 105 Å². The first-order valence-electron chi connectivity index (χ1n) is 8.44. The van der Waals surface area contributed by atoms with E-state index >= 15 is 0 Å². The predicted molar refractivity (Wildman–Crippen MR) is 108 cm³/mol. The number of non-ortho nitro benzene ring substituents is 1. The van der Waals surface area contributed by atoms with E-state index in [-0.39, 0.29) is 16.4 Å².